The van der Waals surface area contributed by atoms with E-state index in [1.807, 2.05) is 6.07 Å². The fourth-order valence-corrected chi connectivity index (χ4v) is 3.22. The number of nitrogens with zero attached hydrogens (tertiary/aromatic N) is 5. The van der Waals surface area contributed by atoms with Gasteiger partial charge in [-0.2, -0.15) is 18.3 Å². The summed E-state index contributed by atoms with van der Waals surface area (Å²) in [4.78, 5) is 15.6. The molecule has 0 radical (unpaired) electrons. The first-order chi connectivity index (χ1) is 14.0. The van der Waals surface area contributed by atoms with Gasteiger partial charge in [0.2, 0.25) is 0 Å². The van der Waals surface area contributed by atoms with E-state index in [2.05, 4.69) is 30.4 Å². The van der Waals surface area contributed by atoms with Gasteiger partial charge in [0, 0.05) is 29.7 Å². The molecule has 0 spiro atoms. The first-order valence-corrected chi connectivity index (χ1v) is 8.98. The van der Waals surface area contributed by atoms with Crippen molar-refractivity contribution in [2.75, 3.05) is 13.6 Å². The molecule has 150 valence electrons. The highest BCUT2D eigenvalue weighted by Gasteiger charge is 2.40. The Balaban J connectivity index is 1.61. The highest BCUT2D eigenvalue weighted by Crippen LogP contribution is 2.37. The van der Waals surface area contributed by atoms with Crippen LogP contribution in [0, 0.1) is 0 Å². The molecule has 0 saturated carbocycles. The lowest BCUT2D eigenvalue weighted by Gasteiger charge is -2.20. The Morgan fingerprint density at radius 1 is 1.14 bits per heavy atom. The van der Waals surface area contributed by atoms with Gasteiger partial charge in [-0.15, -0.1) is 0 Å². The van der Waals surface area contributed by atoms with Crippen LogP contribution in [0.25, 0.3) is 28.1 Å². The third-order valence-electron chi connectivity index (χ3n) is 4.71. The second-order valence-electron chi connectivity index (χ2n) is 6.57. The number of aromatic amines is 1. The number of rotatable bonds is 6. The molecule has 4 rings (SSSR count). The molecule has 0 aliphatic heterocycles. The molecule has 0 bridgehead atoms. The van der Waals surface area contributed by atoms with Crippen LogP contribution < -0.4 is 5.32 Å². The highest BCUT2D eigenvalue weighted by molar-refractivity contribution is 5.88. The topological polar surface area (TPSA) is 84.3 Å². The van der Waals surface area contributed by atoms with E-state index in [0.29, 0.717) is 11.5 Å². The summed E-state index contributed by atoms with van der Waals surface area (Å²) >= 11 is 0. The van der Waals surface area contributed by atoms with Crippen molar-refractivity contribution in [3.05, 3.63) is 54.9 Å². The summed E-state index contributed by atoms with van der Waals surface area (Å²) < 4.78 is 41.6. The average molecular weight is 401 g/mol. The van der Waals surface area contributed by atoms with Gasteiger partial charge in [0.15, 0.2) is 11.5 Å². The van der Waals surface area contributed by atoms with E-state index in [0.717, 1.165) is 16.6 Å². The maximum absolute atomic E-state index is 13.4. The fourth-order valence-electron chi connectivity index (χ4n) is 3.22. The van der Waals surface area contributed by atoms with E-state index in [-0.39, 0.29) is 18.5 Å². The number of imidazole rings is 1. The summed E-state index contributed by atoms with van der Waals surface area (Å²) in [6, 6.07) is 4.84. The number of halogens is 3. The number of H-pyrrole nitrogens is 1. The summed E-state index contributed by atoms with van der Waals surface area (Å²) in [5, 5.41) is 7.05. The standard InChI is InChI=1S/C19H18F3N7/c1-23-6-5-15(19(20,21)22)12-2-3-16(25-8-12)29-10-13(9-28-29)14-4-7-24-18-17(14)26-11-27-18/h2-4,7-11,15,23H,5-6H2,1H3,(H,24,26,27)/t15-/m0/s1. The van der Waals surface area contributed by atoms with Crippen molar-refractivity contribution < 1.29 is 13.2 Å². The van der Waals surface area contributed by atoms with E-state index in [1.54, 1.807) is 38.0 Å². The molecule has 7 nitrogen and oxygen atoms in total. The predicted molar refractivity (Wildman–Crippen MR) is 102 cm³/mol. The van der Waals surface area contributed by atoms with Crippen LogP contribution in [-0.4, -0.2) is 49.5 Å². The zero-order chi connectivity index (χ0) is 20.4. The monoisotopic (exact) mass is 401 g/mol. The first-order valence-electron chi connectivity index (χ1n) is 8.98. The third kappa shape index (κ3) is 3.83. The number of nitrogens with one attached hydrogen (secondary N) is 2. The number of hydrogen-bond acceptors (Lipinski definition) is 5. The summed E-state index contributed by atoms with van der Waals surface area (Å²) in [5.74, 6) is -1.13. The highest BCUT2D eigenvalue weighted by atomic mass is 19.4. The zero-order valence-corrected chi connectivity index (χ0v) is 15.5. The van der Waals surface area contributed by atoms with Crippen molar-refractivity contribution in [3.63, 3.8) is 0 Å². The molecule has 0 saturated heterocycles. The Morgan fingerprint density at radius 2 is 2.00 bits per heavy atom. The average Bonchev–Trinajstić information content (AvgIpc) is 3.37. The Labute approximate surface area is 164 Å². The van der Waals surface area contributed by atoms with Gasteiger partial charge in [-0.1, -0.05) is 6.07 Å². The lowest BCUT2D eigenvalue weighted by atomic mass is 9.96. The third-order valence-corrected chi connectivity index (χ3v) is 4.71. The van der Waals surface area contributed by atoms with Gasteiger partial charge >= 0.3 is 6.18 Å². The van der Waals surface area contributed by atoms with Crippen molar-refractivity contribution >= 4 is 11.2 Å². The lowest BCUT2D eigenvalue weighted by Crippen LogP contribution is -2.24. The van der Waals surface area contributed by atoms with E-state index in [4.69, 9.17) is 0 Å². The maximum Gasteiger partial charge on any atom is 0.395 e. The Kier molecular flexibility index (Phi) is 5.01. The molecular weight excluding hydrogens is 383 g/mol. The minimum atomic E-state index is -4.32. The number of pyridine rings is 2. The number of hydrogen-bond donors (Lipinski definition) is 2. The summed E-state index contributed by atoms with van der Waals surface area (Å²) in [5.41, 5.74) is 3.21. The van der Waals surface area contributed by atoms with Gasteiger partial charge in [-0.25, -0.2) is 19.6 Å². The van der Waals surface area contributed by atoms with Crippen molar-refractivity contribution in [1.82, 2.24) is 35.0 Å². The number of alkyl halides is 3. The van der Waals surface area contributed by atoms with E-state index in [1.165, 1.54) is 16.9 Å². The smallest absolute Gasteiger partial charge is 0.343 e. The fraction of sp³-hybridized carbons (Fsp3) is 0.263. The van der Waals surface area contributed by atoms with Gasteiger partial charge in [0.25, 0.3) is 0 Å². The minimum Gasteiger partial charge on any atom is -0.343 e. The molecular formula is C19H18F3N7. The molecule has 2 N–H and O–H groups in total. The van der Waals surface area contributed by atoms with Gasteiger partial charge in [-0.05, 0) is 37.7 Å². The molecule has 1 atom stereocenters. The molecule has 29 heavy (non-hydrogen) atoms. The number of fused-ring (bicyclic) bond motifs is 1. The van der Waals surface area contributed by atoms with E-state index in [9.17, 15) is 13.2 Å². The zero-order valence-electron chi connectivity index (χ0n) is 15.5. The van der Waals surface area contributed by atoms with Crippen LogP contribution in [-0.2, 0) is 0 Å². The second-order valence-corrected chi connectivity index (χ2v) is 6.57. The van der Waals surface area contributed by atoms with Crippen LogP contribution in [0.5, 0.6) is 0 Å². The van der Waals surface area contributed by atoms with Crippen molar-refractivity contribution in [2.24, 2.45) is 0 Å². The van der Waals surface area contributed by atoms with E-state index < -0.39 is 12.1 Å². The molecule has 4 aromatic rings. The molecule has 0 aliphatic carbocycles. The molecule has 0 fully saturated rings. The van der Waals surface area contributed by atoms with Crippen molar-refractivity contribution in [3.8, 4) is 16.9 Å². The van der Waals surface area contributed by atoms with Crippen LogP contribution >= 0.6 is 0 Å². The summed E-state index contributed by atoms with van der Waals surface area (Å²) in [6.45, 7) is 0.266. The molecule has 0 aromatic carbocycles. The molecule has 10 heteroatoms. The molecule has 0 aliphatic rings. The molecule has 0 unspecified atom stereocenters. The summed E-state index contributed by atoms with van der Waals surface area (Å²) in [7, 11) is 1.63. The van der Waals surface area contributed by atoms with Gasteiger partial charge in [0.1, 0.15) is 0 Å². The molecule has 0 amide bonds. The molecule has 4 heterocycles. The van der Waals surface area contributed by atoms with Crippen LogP contribution in [0.4, 0.5) is 13.2 Å². The predicted octanol–water partition coefficient (Wildman–Crippen LogP) is 3.46. The van der Waals surface area contributed by atoms with Gasteiger partial charge in [0.05, 0.1) is 24.0 Å². The minimum absolute atomic E-state index is 0.0465. The maximum atomic E-state index is 13.4. The van der Waals surface area contributed by atoms with Crippen molar-refractivity contribution in [2.45, 2.75) is 18.5 Å². The lowest BCUT2D eigenvalue weighted by molar-refractivity contribution is -0.151. The quantitative estimate of drug-likeness (QED) is 0.517. The van der Waals surface area contributed by atoms with Crippen LogP contribution in [0.1, 0.15) is 17.9 Å². The van der Waals surface area contributed by atoms with Crippen LogP contribution in [0.3, 0.4) is 0 Å². The first kappa shape index (κ1) is 19.1. The Bertz CT molecular complexity index is 1100. The van der Waals surface area contributed by atoms with Crippen LogP contribution in [0.2, 0.25) is 0 Å². The van der Waals surface area contributed by atoms with Gasteiger partial charge < -0.3 is 10.3 Å². The summed E-state index contributed by atoms with van der Waals surface area (Å²) in [6.07, 6.45) is 3.55. The van der Waals surface area contributed by atoms with Crippen molar-refractivity contribution in [1.29, 1.82) is 0 Å². The normalized spacial score (nSPS) is 13.1. The van der Waals surface area contributed by atoms with E-state index >= 15 is 0 Å². The van der Waals surface area contributed by atoms with Gasteiger partial charge in [-0.3, -0.25) is 0 Å². The number of aromatic nitrogens is 6. The largest absolute Gasteiger partial charge is 0.395 e. The second kappa shape index (κ2) is 7.63. The Hall–Kier alpha value is -3.27. The van der Waals surface area contributed by atoms with Crippen LogP contribution in [0.15, 0.2) is 49.3 Å². The molecule has 4 aromatic heterocycles. The SMILES string of the molecule is CNCC[C@@H](c1ccc(-n2cc(-c3ccnc4nc[nH]c34)cn2)nc1)C(F)(F)F. The Morgan fingerprint density at radius 3 is 2.72 bits per heavy atom.